The molecule has 0 amide bonds. The van der Waals surface area contributed by atoms with Crippen LogP contribution in [0.3, 0.4) is 0 Å². The van der Waals surface area contributed by atoms with Crippen LogP contribution in [0.5, 0.6) is 0 Å². The van der Waals surface area contributed by atoms with Gasteiger partial charge in [0.25, 0.3) is 7.82 Å². The fourth-order valence-electron chi connectivity index (χ4n) is 8.02. The number of phosphoric ester groups is 1. The van der Waals surface area contributed by atoms with Gasteiger partial charge in [0.05, 0.1) is 53.9 Å². The van der Waals surface area contributed by atoms with Crippen LogP contribution in [0.4, 0.5) is 0 Å². The zero-order valence-corrected chi connectivity index (χ0v) is 40.1. The van der Waals surface area contributed by atoms with E-state index in [1.165, 1.54) is 82.6 Å². The van der Waals surface area contributed by atoms with Gasteiger partial charge in [-0.15, -0.1) is 0 Å². The van der Waals surface area contributed by atoms with Gasteiger partial charge in [-0.1, -0.05) is 114 Å². The Morgan fingerprint density at radius 3 is 1.39 bits per heavy atom. The van der Waals surface area contributed by atoms with Crippen LogP contribution in [0.2, 0.25) is 0 Å². The molecule has 0 aromatic heterocycles. The van der Waals surface area contributed by atoms with Crippen LogP contribution in [0, 0.1) is 0 Å². The second-order valence-corrected chi connectivity index (χ2v) is 20.0. The first-order valence-electron chi connectivity index (χ1n) is 23.7. The van der Waals surface area contributed by atoms with Crippen LogP contribution in [0.15, 0.2) is 24.3 Å². The van der Waals surface area contributed by atoms with Crippen molar-refractivity contribution in [1.29, 1.82) is 0 Å². The topological polar surface area (TPSA) is 221 Å². The largest absolute Gasteiger partial charge is 0.756 e. The maximum absolute atomic E-state index is 12.1. The second-order valence-electron chi connectivity index (χ2n) is 18.5. The Balaban J connectivity index is 1.68. The lowest BCUT2D eigenvalue weighted by atomic mass is 9.99. The van der Waals surface area contributed by atoms with Gasteiger partial charge in [0, 0.05) is 51.9 Å². The van der Waals surface area contributed by atoms with Gasteiger partial charge in [0.1, 0.15) is 13.2 Å². The van der Waals surface area contributed by atoms with Crippen molar-refractivity contribution in [3.63, 3.8) is 0 Å². The summed E-state index contributed by atoms with van der Waals surface area (Å²) < 4.78 is 22.4. The van der Waals surface area contributed by atoms with E-state index in [4.69, 9.17) is 9.05 Å². The summed E-state index contributed by atoms with van der Waals surface area (Å²) in [5.41, 5.74) is 2.22. The summed E-state index contributed by atoms with van der Waals surface area (Å²) in [6.07, 6.45) is 20.3. The van der Waals surface area contributed by atoms with Gasteiger partial charge in [-0.05, 0) is 36.8 Å². The lowest BCUT2D eigenvalue weighted by Crippen LogP contribution is -2.53. The zero-order chi connectivity index (χ0) is 47.2. The molecule has 1 aromatic carbocycles. The number of quaternary nitrogens is 1. The molecule has 1 aromatic rings. The van der Waals surface area contributed by atoms with Crippen molar-refractivity contribution in [2.45, 2.75) is 122 Å². The molecule has 4 N–H and O–H groups in total. The van der Waals surface area contributed by atoms with Crippen LogP contribution >= 0.6 is 7.82 Å². The normalized spacial score (nSPS) is 17.7. The van der Waals surface area contributed by atoms with E-state index >= 15 is 0 Å². The smallest absolute Gasteiger partial charge is 0.317 e. The molecule has 1 aliphatic heterocycles. The molecule has 64 heavy (non-hydrogen) atoms. The van der Waals surface area contributed by atoms with Crippen molar-refractivity contribution >= 4 is 31.7 Å². The van der Waals surface area contributed by atoms with Crippen molar-refractivity contribution in [2.24, 2.45) is 0 Å². The third-order valence-electron chi connectivity index (χ3n) is 11.7. The number of aryl methyl sites for hydroxylation is 1. The first-order chi connectivity index (χ1) is 30.4. The highest BCUT2D eigenvalue weighted by atomic mass is 31.2. The maximum atomic E-state index is 12.1. The molecule has 2 unspecified atom stereocenters. The van der Waals surface area contributed by atoms with Gasteiger partial charge in [-0.3, -0.25) is 43.3 Å². The number of unbranched alkanes of at least 4 members (excludes halogenated alkanes) is 15. The summed E-state index contributed by atoms with van der Waals surface area (Å²) in [5.74, 6) is -4.12. The van der Waals surface area contributed by atoms with Gasteiger partial charge in [0.15, 0.2) is 0 Å². The summed E-state index contributed by atoms with van der Waals surface area (Å²) in [4.78, 5) is 65.9. The molecule has 1 saturated heterocycles. The average molecular weight is 928 g/mol. The van der Waals surface area contributed by atoms with E-state index < -0.39 is 31.7 Å². The van der Waals surface area contributed by atoms with Crippen LogP contribution in [0.25, 0.3) is 0 Å². The van der Waals surface area contributed by atoms with Gasteiger partial charge < -0.3 is 38.9 Å². The van der Waals surface area contributed by atoms with E-state index in [0.717, 1.165) is 37.7 Å². The number of carbonyl (C=O) groups is 4. The van der Waals surface area contributed by atoms with Crippen molar-refractivity contribution in [1.82, 2.24) is 19.6 Å². The van der Waals surface area contributed by atoms with E-state index in [1.807, 2.05) is 21.1 Å². The Hall–Kier alpha value is -2.99. The lowest BCUT2D eigenvalue weighted by Gasteiger charge is -2.37. The number of nitrogens with zero attached hydrogens (tertiary/aromatic N) is 5. The molecule has 0 bridgehead atoms. The minimum Gasteiger partial charge on any atom is -0.756 e. The Bertz CT molecular complexity index is 1510. The van der Waals surface area contributed by atoms with E-state index in [-0.39, 0.29) is 91.2 Å². The highest BCUT2D eigenvalue weighted by Gasteiger charge is 2.27. The lowest BCUT2D eigenvalue weighted by molar-refractivity contribution is -0.870. The van der Waals surface area contributed by atoms with Crippen LogP contribution < -0.4 is 4.89 Å². The zero-order valence-electron chi connectivity index (χ0n) is 39.3. The number of benzene rings is 1. The molecule has 17 nitrogen and oxygen atoms in total. The molecular formula is C46H82N5O12P. The molecule has 1 aliphatic rings. The molecule has 1 fully saturated rings. The highest BCUT2D eigenvalue weighted by molar-refractivity contribution is 7.45. The molecule has 0 aliphatic carbocycles. The summed E-state index contributed by atoms with van der Waals surface area (Å²) in [5, 5.41) is 38.6. The van der Waals surface area contributed by atoms with Crippen LogP contribution in [-0.2, 0) is 45.6 Å². The molecule has 0 radical (unpaired) electrons. The van der Waals surface area contributed by atoms with E-state index in [0.29, 0.717) is 17.4 Å². The number of carboxylic acids is 4. The highest BCUT2D eigenvalue weighted by Crippen LogP contribution is 2.38. The third kappa shape index (κ3) is 30.3. The van der Waals surface area contributed by atoms with Gasteiger partial charge in [-0.25, -0.2) is 0 Å². The number of phosphoric acid groups is 1. The monoisotopic (exact) mass is 928 g/mol. The Morgan fingerprint density at radius 1 is 0.562 bits per heavy atom. The van der Waals surface area contributed by atoms with Crippen molar-refractivity contribution < 1.29 is 62.6 Å². The molecule has 18 heteroatoms. The molecule has 2 rings (SSSR count). The molecule has 2 atom stereocenters. The molecule has 368 valence electrons. The Morgan fingerprint density at radius 2 is 0.938 bits per heavy atom. The van der Waals surface area contributed by atoms with Crippen LogP contribution in [-0.4, -0.2) is 187 Å². The summed E-state index contributed by atoms with van der Waals surface area (Å²) in [7, 11) is 1.73. The Labute approximate surface area is 382 Å². The molecule has 0 spiro atoms. The molecule has 0 saturated carbocycles. The summed E-state index contributed by atoms with van der Waals surface area (Å²) in [6.45, 7) is 1.62. The second kappa shape index (κ2) is 32.6. The van der Waals surface area contributed by atoms with Crippen molar-refractivity contribution in [2.75, 3.05) is 113 Å². The predicted octanol–water partition coefficient (Wildman–Crippen LogP) is 5.15. The van der Waals surface area contributed by atoms with Gasteiger partial charge in [-0.2, -0.15) is 0 Å². The number of hydrogen-bond acceptors (Lipinski definition) is 12. The van der Waals surface area contributed by atoms with E-state index in [9.17, 15) is 49.1 Å². The number of rotatable bonds is 34. The minimum atomic E-state index is -4.20. The van der Waals surface area contributed by atoms with E-state index in [1.54, 1.807) is 19.6 Å². The Kier molecular flexibility index (Phi) is 29.1. The molecule has 1 heterocycles. The van der Waals surface area contributed by atoms with Crippen molar-refractivity contribution in [3.8, 4) is 0 Å². The number of hydrogen-bond donors (Lipinski definition) is 4. The SMILES string of the molecule is C[N+](C)(C)CCOP(=O)([O-])OCCCCCCCCCCCCCCCCCCc1ccc(CC2CN(CC(=O)O)CCN(CC(=O)O)CCN(CC(=O)O)CCN2CC(=O)O)cc1. The summed E-state index contributed by atoms with van der Waals surface area (Å²) in [6, 6.07) is 7.94. The predicted molar refractivity (Wildman–Crippen MR) is 245 cm³/mol. The van der Waals surface area contributed by atoms with Gasteiger partial charge >= 0.3 is 23.9 Å². The third-order valence-corrected chi connectivity index (χ3v) is 12.7. The quantitative estimate of drug-likeness (QED) is 0.0399. The molecular weight excluding hydrogens is 846 g/mol. The number of carboxylic acid groups (broad SMARTS) is 4. The van der Waals surface area contributed by atoms with E-state index in [2.05, 4.69) is 24.3 Å². The number of aliphatic carboxylic acids is 4. The number of likely N-dealkylation sites (N-methyl/N-ethyl adjacent to an activating group) is 1. The van der Waals surface area contributed by atoms with Crippen molar-refractivity contribution in [3.05, 3.63) is 35.4 Å². The maximum Gasteiger partial charge on any atom is 0.317 e. The fourth-order valence-corrected chi connectivity index (χ4v) is 8.75. The first-order valence-corrected chi connectivity index (χ1v) is 25.1. The first kappa shape index (κ1) is 57.1. The average Bonchev–Trinajstić information content (AvgIpc) is 3.19. The standard InChI is InChI=1S/C46H82N5O12P/c1-51(2,3)31-33-63-64(60,61)62-32-19-17-15-13-11-9-7-5-4-6-8-10-12-14-16-18-20-40-21-23-41(24-22-40)34-42-35-49(38-45(56)57)28-27-47(36-43(52)53)25-26-48(37-44(54)55)29-30-50(42)39-46(58)59/h21-24,42H,4-20,25-39H2,1-3H3,(H4-,52,53,54,55,56,57,58,59,60,61). The minimum absolute atomic E-state index is 0.130. The summed E-state index contributed by atoms with van der Waals surface area (Å²) >= 11 is 0. The van der Waals surface area contributed by atoms with Crippen LogP contribution in [0.1, 0.15) is 114 Å². The fraction of sp³-hybridized carbons (Fsp3) is 0.783. The van der Waals surface area contributed by atoms with Gasteiger partial charge in [0.2, 0.25) is 0 Å².